The highest BCUT2D eigenvalue weighted by Crippen LogP contribution is 2.33. The van der Waals surface area contributed by atoms with Crippen LogP contribution in [0.2, 0.25) is 0 Å². The van der Waals surface area contributed by atoms with E-state index in [-0.39, 0.29) is 30.3 Å². The first-order chi connectivity index (χ1) is 9.76. The predicted octanol–water partition coefficient (Wildman–Crippen LogP) is -1.82. The lowest BCUT2D eigenvalue weighted by molar-refractivity contribution is 0.139. The molecule has 0 aliphatic heterocycles. The smallest absolute Gasteiger partial charge is 0.350 e. The molecule has 1 atom stereocenters. The highest BCUT2D eigenvalue weighted by atomic mass is 31.2. The largest absolute Gasteiger partial charge is 0.369 e. The number of rotatable bonds is 6. The lowest BCUT2D eigenvalue weighted by Crippen LogP contribution is -2.31. The summed E-state index contributed by atoms with van der Waals surface area (Å²) < 4.78 is 17.0. The van der Waals surface area contributed by atoms with Crippen LogP contribution in [-0.2, 0) is 15.8 Å². The van der Waals surface area contributed by atoms with Crippen LogP contribution in [0.4, 0.5) is 5.95 Å². The van der Waals surface area contributed by atoms with E-state index in [1.807, 2.05) is 0 Å². The molecule has 2 aromatic rings. The normalized spacial score (nSPS) is 13.7. The van der Waals surface area contributed by atoms with Crippen molar-refractivity contribution in [1.82, 2.24) is 19.5 Å². The van der Waals surface area contributed by atoms with E-state index in [9.17, 15) is 9.36 Å². The summed E-state index contributed by atoms with van der Waals surface area (Å²) in [6.45, 7) is 0.136. The molecule has 0 amide bonds. The molecule has 11 nitrogen and oxygen atoms in total. The standard InChI is InChI=1S/C9H15N6O5P/c10-5(2-20-4-21(17,18)19)1-15-3-12-6-7(15)13-9(11)14-8(6)16/h3,5H,1-2,4,10H2,(H2,17,18,19)(H3,11,13,14,16). The lowest BCUT2D eigenvalue weighted by atomic mass is 10.3. The van der Waals surface area contributed by atoms with Gasteiger partial charge in [0.05, 0.1) is 12.9 Å². The number of H-pyrrole nitrogens is 1. The van der Waals surface area contributed by atoms with Crippen molar-refractivity contribution in [2.24, 2.45) is 5.73 Å². The van der Waals surface area contributed by atoms with Gasteiger partial charge < -0.3 is 30.6 Å². The van der Waals surface area contributed by atoms with Crippen LogP contribution in [0.25, 0.3) is 11.2 Å². The van der Waals surface area contributed by atoms with Crippen molar-refractivity contribution >= 4 is 24.7 Å². The highest BCUT2D eigenvalue weighted by Gasteiger charge is 2.15. The molecule has 0 aliphatic rings. The zero-order chi connectivity index (χ0) is 15.6. The number of nitrogens with one attached hydrogen (secondary N) is 1. The number of imidazole rings is 1. The van der Waals surface area contributed by atoms with Gasteiger partial charge in [0.25, 0.3) is 5.56 Å². The third-order valence-electron chi connectivity index (χ3n) is 2.52. The number of nitrogen functional groups attached to an aromatic ring is 1. The van der Waals surface area contributed by atoms with Crippen molar-refractivity contribution in [2.75, 3.05) is 18.7 Å². The molecule has 2 rings (SSSR count). The number of aromatic nitrogens is 4. The summed E-state index contributed by atoms with van der Waals surface area (Å²) in [4.78, 5) is 39.1. The van der Waals surface area contributed by atoms with E-state index in [1.165, 1.54) is 10.9 Å². The van der Waals surface area contributed by atoms with Crippen molar-refractivity contribution in [2.45, 2.75) is 12.6 Å². The van der Waals surface area contributed by atoms with Gasteiger partial charge in [-0.2, -0.15) is 4.98 Å². The zero-order valence-corrected chi connectivity index (χ0v) is 11.7. The van der Waals surface area contributed by atoms with E-state index < -0.39 is 25.5 Å². The Hall–Kier alpha value is -1.78. The molecule has 21 heavy (non-hydrogen) atoms. The zero-order valence-electron chi connectivity index (χ0n) is 10.8. The Morgan fingerprint density at radius 1 is 1.52 bits per heavy atom. The van der Waals surface area contributed by atoms with Crippen LogP contribution >= 0.6 is 7.60 Å². The average Bonchev–Trinajstić information content (AvgIpc) is 2.71. The minimum atomic E-state index is -4.22. The molecular formula is C9H15N6O5P. The predicted molar refractivity (Wildman–Crippen MR) is 73.4 cm³/mol. The number of hydrogen-bond acceptors (Lipinski definition) is 7. The summed E-state index contributed by atoms with van der Waals surface area (Å²) in [6, 6.07) is -0.559. The first kappa shape index (κ1) is 15.6. The van der Waals surface area contributed by atoms with Crippen molar-refractivity contribution in [3.63, 3.8) is 0 Å². The van der Waals surface area contributed by atoms with E-state index in [0.29, 0.717) is 0 Å². The summed E-state index contributed by atoms with van der Waals surface area (Å²) in [5, 5.41) is 0. The van der Waals surface area contributed by atoms with Crippen LogP contribution in [0.1, 0.15) is 0 Å². The third kappa shape index (κ3) is 4.09. The Morgan fingerprint density at radius 2 is 2.24 bits per heavy atom. The molecule has 12 heteroatoms. The number of anilines is 1. The fourth-order valence-electron chi connectivity index (χ4n) is 1.73. The first-order valence-electron chi connectivity index (χ1n) is 5.85. The summed E-state index contributed by atoms with van der Waals surface area (Å²) >= 11 is 0. The van der Waals surface area contributed by atoms with Crippen LogP contribution < -0.4 is 17.0 Å². The second-order valence-electron chi connectivity index (χ2n) is 4.44. The Morgan fingerprint density at radius 3 is 2.90 bits per heavy atom. The minimum absolute atomic E-state index is 0.0411. The monoisotopic (exact) mass is 318 g/mol. The number of nitrogens with two attached hydrogens (primary N) is 2. The molecule has 0 saturated heterocycles. The topological polar surface area (TPSA) is 182 Å². The number of aromatic amines is 1. The van der Waals surface area contributed by atoms with E-state index >= 15 is 0 Å². The number of fused-ring (bicyclic) bond motifs is 1. The van der Waals surface area contributed by atoms with Gasteiger partial charge in [-0.25, -0.2) is 4.98 Å². The lowest BCUT2D eigenvalue weighted by Gasteiger charge is -2.13. The van der Waals surface area contributed by atoms with E-state index in [2.05, 4.69) is 15.0 Å². The summed E-state index contributed by atoms with van der Waals surface area (Å²) in [5.74, 6) is -0.0411. The van der Waals surface area contributed by atoms with Crippen molar-refractivity contribution in [1.29, 1.82) is 0 Å². The molecule has 0 fully saturated rings. The van der Waals surface area contributed by atoms with Gasteiger partial charge in [0.1, 0.15) is 6.35 Å². The number of nitrogens with zero attached hydrogens (tertiary/aromatic N) is 3. The Balaban J connectivity index is 2.06. The molecule has 1 unspecified atom stereocenters. The van der Waals surface area contributed by atoms with Gasteiger partial charge in [0.15, 0.2) is 11.2 Å². The molecule has 0 aliphatic carbocycles. The van der Waals surface area contributed by atoms with Crippen LogP contribution in [-0.4, -0.2) is 48.3 Å². The SMILES string of the molecule is Nc1nc2c(ncn2CC(N)COCP(=O)(O)O)c(=O)[nH]1. The van der Waals surface area contributed by atoms with Crippen LogP contribution in [0, 0.1) is 0 Å². The van der Waals surface area contributed by atoms with Crippen molar-refractivity contribution in [3.05, 3.63) is 16.7 Å². The molecule has 0 spiro atoms. The molecule has 0 saturated carbocycles. The minimum Gasteiger partial charge on any atom is -0.369 e. The maximum absolute atomic E-state index is 11.6. The summed E-state index contributed by atoms with van der Waals surface area (Å²) in [7, 11) is -4.22. The molecule has 116 valence electrons. The van der Waals surface area contributed by atoms with Gasteiger partial charge in [0.2, 0.25) is 5.95 Å². The maximum Gasteiger partial charge on any atom is 0.350 e. The molecule has 2 heterocycles. The van der Waals surface area contributed by atoms with Gasteiger partial charge in [0, 0.05) is 12.6 Å². The highest BCUT2D eigenvalue weighted by molar-refractivity contribution is 7.51. The average molecular weight is 318 g/mol. The number of hydrogen-bond donors (Lipinski definition) is 5. The first-order valence-corrected chi connectivity index (χ1v) is 7.64. The maximum atomic E-state index is 11.6. The number of ether oxygens (including phenoxy) is 1. The molecule has 0 bridgehead atoms. The van der Waals surface area contributed by atoms with E-state index in [1.54, 1.807) is 0 Å². The van der Waals surface area contributed by atoms with Crippen LogP contribution in [0.3, 0.4) is 0 Å². The van der Waals surface area contributed by atoms with Crippen LogP contribution in [0.5, 0.6) is 0 Å². The van der Waals surface area contributed by atoms with Gasteiger partial charge in [-0.15, -0.1) is 0 Å². The fraction of sp³-hybridized carbons (Fsp3) is 0.444. The van der Waals surface area contributed by atoms with E-state index in [4.69, 9.17) is 26.0 Å². The molecule has 7 N–H and O–H groups in total. The van der Waals surface area contributed by atoms with Gasteiger partial charge in [-0.3, -0.25) is 14.3 Å². The second kappa shape index (κ2) is 5.92. The van der Waals surface area contributed by atoms with Crippen molar-refractivity contribution in [3.8, 4) is 0 Å². The van der Waals surface area contributed by atoms with Crippen molar-refractivity contribution < 1.29 is 19.1 Å². The fourth-order valence-corrected chi connectivity index (χ4v) is 2.08. The molecule has 2 aromatic heterocycles. The van der Waals surface area contributed by atoms with Gasteiger partial charge >= 0.3 is 7.60 Å². The second-order valence-corrected chi connectivity index (χ2v) is 6.03. The summed E-state index contributed by atoms with van der Waals surface area (Å²) in [5.41, 5.74) is 11.2. The quantitative estimate of drug-likeness (QED) is 0.383. The Kier molecular flexibility index (Phi) is 4.40. The van der Waals surface area contributed by atoms with Crippen LogP contribution in [0.15, 0.2) is 11.1 Å². The van der Waals surface area contributed by atoms with Gasteiger partial charge in [-0.05, 0) is 0 Å². The molecule has 0 aromatic carbocycles. The van der Waals surface area contributed by atoms with Gasteiger partial charge in [-0.1, -0.05) is 0 Å². The molecule has 0 radical (unpaired) electrons. The molecular weight excluding hydrogens is 303 g/mol. The van der Waals surface area contributed by atoms with E-state index in [0.717, 1.165) is 0 Å². The Bertz CT molecular complexity index is 736. The summed E-state index contributed by atoms with van der Waals surface area (Å²) in [6.07, 6.45) is 0.686. The third-order valence-corrected chi connectivity index (χ3v) is 3.03. The Labute approximate surface area is 118 Å².